The van der Waals surface area contributed by atoms with E-state index in [-0.39, 0.29) is 5.54 Å². The predicted octanol–water partition coefficient (Wildman–Crippen LogP) is 13.8. The lowest BCUT2D eigenvalue weighted by molar-refractivity contribution is 0.298. The third kappa shape index (κ3) is 36.0. The summed E-state index contributed by atoms with van der Waals surface area (Å²) in [6.07, 6.45) is 47.5. The highest BCUT2D eigenvalue weighted by atomic mass is 15.4. The first kappa shape index (κ1) is 40.9. The van der Waals surface area contributed by atoms with Crippen LogP contribution in [0.4, 0.5) is 0 Å². The molecule has 0 rings (SSSR count). The second kappa shape index (κ2) is 34.4. The quantitative estimate of drug-likeness (QED) is 0.0570. The monoisotopic (exact) mass is 579 g/mol. The summed E-state index contributed by atoms with van der Waals surface area (Å²) in [6, 6.07) is 0. The lowest BCUT2D eigenvalue weighted by Crippen LogP contribution is -2.48. The SMILES string of the molecule is CCCCCCCCCCCCCCCCCCCCNNC(C)(C)CCCCCCCCCCCCCCCC. The summed E-state index contributed by atoms with van der Waals surface area (Å²) in [7, 11) is 0. The highest BCUT2D eigenvalue weighted by molar-refractivity contribution is 4.75. The Bertz CT molecular complexity index is 460. The van der Waals surface area contributed by atoms with Crippen molar-refractivity contribution in [2.24, 2.45) is 0 Å². The van der Waals surface area contributed by atoms with Crippen LogP contribution in [0.3, 0.4) is 0 Å². The highest BCUT2D eigenvalue weighted by Gasteiger charge is 2.15. The largest absolute Gasteiger partial charge is 0.257 e. The van der Waals surface area contributed by atoms with Crippen LogP contribution in [-0.2, 0) is 0 Å². The number of unbranched alkanes of at least 4 members (excludes halogenated alkanes) is 30. The van der Waals surface area contributed by atoms with Crippen LogP contribution >= 0.6 is 0 Å². The Kier molecular flexibility index (Phi) is 34.3. The van der Waals surface area contributed by atoms with Crippen LogP contribution in [0.15, 0.2) is 0 Å². The van der Waals surface area contributed by atoms with Crippen molar-refractivity contribution in [2.45, 2.75) is 245 Å². The van der Waals surface area contributed by atoms with Gasteiger partial charge >= 0.3 is 0 Å². The Balaban J connectivity index is 3.25. The van der Waals surface area contributed by atoms with Gasteiger partial charge in [-0.3, -0.25) is 10.9 Å². The normalized spacial score (nSPS) is 12.0. The summed E-state index contributed by atoms with van der Waals surface area (Å²) in [4.78, 5) is 0. The van der Waals surface area contributed by atoms with E-state index in [4.69, 9.17) is 0 Å². The van der Waals surface area contributed by atoms with E-state index in [0.29, 0.717) is 0 Å². The topological polar surface area (TPSA) is 24.1 Å². The molecule has 0 aromatic rings. The van der Waals surface area contributed by atoms with E-state index in [1.807, 2.05) is 0 Å². The van der Waals surface area contributed by atoms with Crippen LogP contribution in [0.2, 0.25) is 0 Å². The molecular weight excluding hydrogens is 496 g/mol. The van der Waals surface area contributed by atoms with Gasteiger partial charge in [-0.2, -0.15) is 0 Å². The van der Waals surface area contributed by atoms with Crippen molar-refractivity contribution in [3.63, 3.8) is 0 Å². The Labute approximate surface area is 262 Å². The lowest BCUT2D eigenvalue weighted by Gasteiger charge is -2.27. The smallest absolute Gasteiger partial charge is 0.0267 e. The molecule has 0 heterocycles. The highest BCUT2D eigenvalue weighted by Crippen LogP contribution is 2.17. The molecule has 41 heavy (non-hydrogen) atoms. The standard InChI is InChI=1S/C39H82N2/c1-5-7-9-11-13-15-17-19-21-22-23-24-26-28-30-32-34-36-38-40-41-39(3,4)37-35-33-31-29-27-25-20-18-16-14-12-10-8-6-2/h40-41H,5-38H2,1-4H3. The van der Waals surface area contributed by atoms with Crippen molar-refractivity contribution < 1.29 is 0 Å². The summed E-state index contributed by atoms with van der Waals surface area (Å²) in [5.74, 6) is 0. The van der Waals surface area contributed by atoms with Crippen molar-refractivity contribution in [3.8, 4) is 0 Å². The van der Waals surface area contributed by atoms with Gasteiger partial charge in [-0.15, -0.1) is 0 Å². The number of hydrogen-bond acceptors (Lipinski definition) is 2. The van der Waals surface area contributed by atoms with Gasteiger partial charge in [0.2, 0.25) is 0 Å². The summed E-state index contributed by atoms with van der Waals surface area (Å²) in [5.41, 5.74) is 7.36. The fourth-order valence-corrected chi connectivity index (χ4v) is 6.24. The molecule has 0 fully saturated rings. The Morgan fingerprint density at radius 1 is 0.317 bits per heavy atom. The zero-order chi connectivity index (χ0) is 30.0. The molecule has 0 radical (unpaired) electrons. The average molecular weight is 579 g/mol. The zero-order valence-corrected chi connectivity index (χ0v) is 29.5. The summed E-state index contributed by atoms with van der Waals surface area (Å²) in [6.45, 7) is 10.4. The van der Waals surface area contributed by atoms with E-state index in [2.05, 4.69) is 38.5 Å². The minimum Gasteiger partial charge on any atom is -0.257 e. The molecule has 0 atom stereocenters. The van der Waals surface area contributed by atoms with Crippen LogP contribution in [0, 0.1) is 0 Å². The van der Waals surface area contributed by atoms with Crippen molar-refractivity contribution in [1.82, 2.24) is 10.9 Å². The minimum atomic E-state index is 0.214. The third-order valence-corrected chi connectivity index (χ3v) is 9.24. The van der Waals surface area contributed by atoms with E-state index in [1.165, 1.54) is 212 Å². The van der Waals surface area contributed by atoms with Gasteiger partial charge in [-0.25, -0.2) is 0 Å². The number of hydrogen-bond donors (Lipinski definition) is 2. The maximum atomic E-state index is 3.61. The summed E-state index contributed by atoms with van der Waals surface area (Å²) < 4.78 is 0. The molecule has 0 aromatic carbocycles. The predicted molar refractivity (Wildman–Crippen MR) is 189 cm³/mol. The first-order valence-electron chi connectivity index (χ1n) is 19.6. The van der Waals surface area contributed by atoms with E-state index in [0.717, 1.165) is 6.54 Å². The molecule has 248 valence electrons. The van der Waals surface area contributed by atoms with Crippen molar-refractivity contribution in [1.29, 1.82) is 0 Å². The minimum absolute atomic E-state index is 0.214. The van der Waals surface area contributed by atoms with Crippen molar-refractivity contribution in [2.75, 3.05) is 6.54 Å². The summed E-state index contributed by atoms with van der Waals surface area (Å²) >= 11 is 0. The van der Waals surface area contributed by atoms with E-state index >= 15 is 0 Å². The van der Waals surface area contributed by atoms with Crippen LogP contribution < -0.4 is 10.9 Å². The molecule has 0 aliphatic rings. The van der Waals surface area contributed by atoms with E-state index < -0.39 is 0 Å². The fraction of sp³-hybridized carbons (Fsp3) is 1.00. The fourth-order valence-electron chi connectivity index (χ4n) is 6.24. The summed E-state index contributed by atoms with van der Waals surface area (Å²) in [5, 5.41) is 0. The maximum Gasteiger partial charge on any atom is 0.0267 e. The lowest BCUT2D eigenvalue weighted by atomic mass is 9.96. The molecule has 0 bridgehead atoms. The van der Waals surface area contributed by atoms with Gasteiger partial charge in [0.1, 0.15) is 0 Å². The molecule has 2 N–H and O–H groups in total. The molecule has 2 nitrogen and oxygen atoms in total. The zero-order valence-electron chi connectivity index (χ0n) is 29.5. The molecule has 0 saturated heterocycles. The molecular formula is C39H82N2. The average Bonchev–Trinajstić information content (AvgIpc) is 2.96. The molecule has 2 heteroatoms. The molecule has 0 aromatic heterocycles. The first-order chi connectivity index (χ1) is 20.1. The van der Waals surface area contributed by atoms with Gasteiger partial charge in [0.15, 0.2) is 0 Å². The van der Waals surface area contributed by atoms with E-state index in [9.17, 15) is 0 Å². The number of rotatable bonds is 36. The number of nitrogens with one attached hydrogen (secondary N) is 2. The van der Waals surface area contributed by atoms with Crippen LogP contribution in [0.5, 0.6) is 0 Å². The molecule has 0 unspecified atom stereocenters. The second-order valence-electron chi connectivity index (χ2n) is 14.3. The van der Waals surface area contributed by atoms with E-state index in [1.54, 1.807) is 0 Å². The van der Waals surface area contributed by atoms with Gasteiger partial charge in [-0.05, 0) is 26.7 Å². The van der Waals surface area contributed by atoms with Crippen LogP contribution in [0.1, 0.15) is 240 Å². The molecule has 0 saturated carbocycles. The van der Waals surface area contributed by atoms with Gasteiger partial charge in [-0.1, -0.05) is 213 Å². The van der Waals surface area contributed by atoms with Crippen LogP contribution in [0.25, 0.3) is 0 Å². The van der Waals surface area contributed by atoms with Crippen molar-refractivity contribution >= 4 is 0 Å². The van der Waals surface area contributed by atoms with Gasteiger partial charge < -0.3 is 0 Å². The Hall–Kier alpha value is -0.0800. The Morgan fingerprint density at radius 2 is 0.561 bits per heavy atom. The van der Waals surface area contributed by atoms with Gasteiger partial charge in [0, 0.05) is 12.1 Å². The van der Waals surface area contributed by atoms with Gasteiger partial charge in [0.25, 0.3) is 0 Å². The second-order valence-corrected chi connectivity index (χ2v) is 14.3. The van der Waals surface area contributed by atoms with Crippen molar-refractivity contribution in [3.05, 3.63) is 0 Å². The van der Waals surface area contributed by atoms with Crippen LogP contribution in [-0.4, -0.2) is 12.1 Å². The molecule has 0 spiro atoms. The molecule has 0 amide bonds. The first-order valence-corrected chi connectivity index (χ1v) is 19.6. The van der Waals surface area contributed by atoms with Gasteiger partial charge in [0.05, 0.1) is 0 Å². The molecule has 0 aliphatic heterocycles. The Morgan fingerprint density at radius 3 is 0.854 bits per heavy atom. The third-order valence-electron chi connectivity index (χ3n) is 9.24. The molecule has 0 aliphatic carbocycles. The maximum absolute atomic E-state index is 3.61. The number of hydrazine groups is 1.